The van der Waals surface area contributed by atoms with E-state index in [0.717, 1.165) is 35.9 Å². The average molecular weight is 247 g/mol. The summed E-state index contributed by atoms with van der Waals surface area (Å²) in [6.07, 6.45) is 2.03. The molecule has 0 spiro atoms. The maximum absolute atomic E-state index is 5.29. The third kappa shape index (κ3) is 2.34. The summed E-state index contributed by atoms with van der Waals surface area (Å²) in [7, 11) is 1.69. The SMILES string of the molecule is CCNCc1nc(C(C)C)n2ccc(OC)cc12. The van der Waals surface area contributed by atoms with Gasteiger partial charge >= 0.3 is 0 Å². The number of ether oxygens (including phenoxy) is 1. The van der Waals surface area contributed by atoms with Crippen molar-refractivity contribution < 1.29 is 4.74 Å². The molecule has 0 atom stereocenters. The second-order valence-corrected chi connectivity index (χ2v) is 4.67. The lowest BCUT2D eigenvalue weighted by molar-refractivity contribution is 0.414. The van der Waals surface area contributed by atoms with Gasteiger partial charge in [-0.05, 0) is 12.6 Å². The molecule has 4 heteroatoms. The molecule has 2 heterocycles. The molecule has 2 rings (SSSR count). The van der Waals surface area contributed by atoms with Gasteiger partial charge in [0.25, 0.3) is 0 Å². The molecule has 0 aliphatic rings. The summed E-state index contributed by atoms with van der Waals surface area (Å²) >= 11 is 0. The standard InChI is InChI=1S/C14H21N3O/c1-5-15-9-12-13-8-11(18-4)6-7-17(13)14(16-12)10(2)3/h6-8,10,15H,5,9H2,1-4H3. The summed E-state index contributed by atoms with van der Waals surface area (Å²) in [4.78, 5) is 4.75. The number of rotatable bonds is 5. The lowest BCUT2D eigenvalue weighted by Gasteiger charge is -2.05. The Kier molecular flexibility index (Phi) is 3.87. The van der Waals surface area contributed by atoms with Crippen LogP contribution in [0.3, 0.4) is 0 Å². The minimum atomic E-state index is 0.404. The van der Waals surface area contributed by atoms with Crippen LogP contribution in [0.25, 0.3) is 5.52 Å². The van der Waals surface area contributed by atoms with Gasteiger partial charge in [-0.1, -0.05) is 20.8 Å². The summed E-state index contributed by atoms with van der Waals surface area (Å²) < 4.78 is 7.44. The molecule has 98 valence electrons. The molecule has 0 unspecified atom stereocenters. The Balaban J connectivity index is 2.53. The maximum atomic E-state index is 5.29. The van der Waals surface area contributed by atoms with E-state index in [1.807, 2.05) is 18.3 Å². The van der Waals surface area contributed by atoms with Gasteiger partial charge in [0.05, 0.1) is 18.3 Å². The third-order valence-corrected chi connectivity index (χ3v) is 3.01. The number of pyridine rings is 1. The normalized spacial score (nSPS) is 11.4. The van der Waals surface area contributed by atoms with Gasteiger partial charge in [-0.25, -0.2) is 4.98 Å². The topological polar surface area (TPSA) is 38.6 Å². The molecule has 4 nitrogen and oxygen atoms in total. The molecule has 0 aliphatic heterocycles. The van der Waals surface area contributed by atoms with Crippen LogP contribution < -0.4 is 10.1 Å². The molecule has 0 saturated heterocycles. The van der Waals surface area contributed by atoms with Crippen molar-refractivity contribution in [1.29, 1.82) is 0 Å². The van der Waals surface area contributed by atoms with E-state index in [2.05, 4.69) is 30.5 Å². The van der Waals surface area contributed by atoms with Crippen molar-refractivity contribution in [2.45, 2.75) is 33.2 Å². The van der Waals surface area contributed by atoms with Gasteiger partial charge < -0.3 is 14.5 Å². The number of imidazole rings is 1. The quantitative estimate of drug-likeness (QED) is 0.882. The second kappa shape index (κ2) is 5.40. The molecule has 0 bridgehead atoms. The molecule has 1 N–H and O–H groups in total. The van der Waals surface area contributed by atoms with E-state index in [-0.39, 0.29) is 0 Å². The van der Waals surface area contributed by atoms with Gasteiger partial charge in [0.1, 0.15) is 11.6 Å². The van der Waals surface area contributed by atoms with Crippen LogP contribution in [0.2, 0.25) is 0 Å². The zero-order chi connectivity index (χ0) is 13.1. The molecule has 0 aliphatic carbocycles. The second-order valence-electron chi connectivity index (χ2n) is 4.67. The lowest BCUT2D eigenvalue weighted by Crippen LogP contribution is -2.12. The highest BCUT2D eigenvalue weighted by Gasteiger charge is 2.13. The number of nitrogens with zero attached hydrogens (tertiary/aromatic N) is 2. The first-order chi connectivity index (χ1) is 8.67. The lowest BCUT2D eigenvalue weighted by atomic mass is 10.2. The van der Waals surface area contributed by atoms with E-state index >= 15 is 0 Å². The summed E-state index contributed by atoms with van der Waals surface area (Å²) in [6.45, 7) is 8.16. The Morgan fingerprint density at radius 2 is 2.22 bits per heavy atom. The first-order valence-corrected chi connectivity index (χ1v) is 6.43. The van der Waals surface area contributed by atoms with E-state index in [4.69, 9.17) is 9.72 Å². The Morgan fingerprint density at radius 1 is 1.44 bits per heavy atom. The van der Waals surface area contributed by atoms with Crippen LogP contribution in [-0.2, 0) is 6.54 Å². The van der Waals surface area contributed by atoms with Crippen molar-refractivity contribution in [3.63, 3.8) is 0 Å². The number of hydrogen-bond donors (Lipinski definition) is 1. The number of hydrogen-bond acceptors (Lipinski definition) is 3. The Bertz CT molecular complexity index is 531. The first-order valence-electron chi connectivity index (χ1n) is 6.43. The molecule has 2 aromatic heterocycles. The Morgan fingerprint density at radius 3 is 2.83 bits per heavy atom. The third-order valence-electron chi connectivity index (χ3n) is 3.01. The van der Waals surface area contributed by atoms with Gasteiger partial charge in [0, 0.05) is 24.7 Å². The molecule has 0 aromatic carbocycles. The van der Waals surface area contributed by atoms with Crippen molar-refractivity contribution in [2.24, 2.45) is 0 Å². The van der Waals surface area contributed by atoms with E-state index in [9.17, 15) is 0 Å². The van der Waals surface area contributed by atoms with Crippen LogP contribution in [0.4, 0.5) is 0 Å². The van der Waals surface area contributed by atoms with Crippen LogP contribution >= 0.6 is 0 Å². The molecule has 0 amide bonds. The van der Waals surface area contributed by atoms with Gasteiger partial charge in [-0.2, -0.15) is 0 Å². The molecule has 18 heavy (non-hydrogen) atoms. The fourth-order valence-electron chi connectivity index (χ4n) is 2.06. The highest BCUT2D eigenvalue weighted by molar-refractivity contribution is 5.57. The largest absolute Gasteiger partial charge is 0.497 e. The summed E-state index contributed by atoms with van der Waals surface area (Å²) in [5.41, 5.74) is 2.21. The zero-order valence-electron chi connectivity index (χ0n) is 11.5. The van der Waals surface area contributed by atoms with Crippen LogP contribution in [-0.4, -0.2) is 23.0 Å². The highest BCUT2D eigenvalue weighted by atomic mass is 16.5. The maximum Gasteiger partial charge on any atom is 0.122 e. The van der Waals surface area contributed by atoms with Gasteiger partial charge in [-0.15, -0.1) is 0 Å². The summed E-state index contributed by atoms with van der Waals surface area (Å²) in [5, 5.41) is 3.33. The highest BCUT2D eigenvalue weighted by Crippen LogP contribution is 2.23. The number of aromatic nitrogens is 2. The molecular weight excluding hydrogens is 226 g/mol. The molecule has 0 saturated carbocycles. The zero-order valence-corrected chi connectivity index (χ0v) is 11.5. The number of fused-ring (bicyclic) bond motifs is 1. The van der Waals surface area contributed by atoms with E-state index in [1.54, 1.807) is 7.11 Å². The predicted octanol–water partition coefficient (Wildman–Crippen LogP) is 2.58. The fraction of sp³-hybridized carbons (Fsp3) is 0.500. The predicted molar refractivity (Wildman–Crippen MR) is 73.2 cm³/mol. The van der Waals surface area contributed by atoms with Gasteiger partial charge in [-0.3, -0.25) is 0 Å². The monoisotopic (exact) mass is 247 g/mol. The van der Waals surface area contributed by atoms with Crippen LogP contribution in [0, 0.1) is 0 Å². The summed E-state index contributed by atoms with van der Waals surface area (Å²) in [6, 6.07) is 4.02. The number of methoxy groups -OCH3 is 1. The van der Waals surface area contributed by atoms with Gasteiger partial charge in [0.2, 0.25) is 0 Å². The molecule has 0 radical (unpaired) electrons. The van der Waals surface area contributed by atoms with Crippen molar-refractivity contribution in [2.75, 3.05) is 13.7 Å². The van der Waals surface area contributed by atoms with Crippen LogP contribution in [0.1, 0.15) is 38.2 Å². The first kappa shape index (κ1) is 12.9. The van der Waals surface area contributed by atoms with Crippen LogP contribution in [0.5, 0.6) is 5.75 Å². The fourth-order valence-corrected chi connectivity index (χ4v) is 2.06. The number of nitrogens with one attached hydrogen (secondary N) is 1. The smallest absolute Gasteiger partial charge is 0.122 e. The van der Waals surface area contributed by atoms with E-state index in [0.29, 0.717) is 5.92 Å². The van der Waals surface area contributed by atoms with Crippen LogP contribution in [0.15, 0.2) is 18.3 Å². The molecule has 2 aromatic rings. The minimum absolute atomic E-state index is 0.404. The average Bonchev–Trinajstić information content (AvgIpc) is 2.74. The van der Waals surface area contributed by atoms with E-state index in [1.165, 1.54) is 0 Å². The molecular formula is C14H21N3O. The van der Waals surface area contributed by atoms with Gasteiger partial charge in [0.15, 0.2) is 0 Å². The van der Waals surface area contributed by atoms with E-state index < -0.39 is 0 Å². The van der Waals surface area contributed by atoms with Crippen molar-refractivity contribution >= 4 is 5.52 Å². The minimum Gasteiger partial charge on any atom is -0.497 e. The Labute approximate surface area is 108 Å². The summed E-state index contributed by atoms with van der Waals surface area (Å²) in [5.74, 6) is 2.37. The van der Waals surface area contributed by atoms with Crippen molar-refractivity contribution in [1.82, 2.24) is 14.7 Å². The van der Waals surface area contributed by atoms with Crippen molar-refractivity contribution in [3.8, 4) is 5.75 Å². The van der Waals surface area contributed by atoms with Crippen molar-refractivity contribution in [3.05, 3.63) is 29.8 Å². The Hall–Kier alpha value is -1.55. The molecule has 0 fully saturated rings.